The number of fused-ring (bicyclic) bond motifs is 2. The first-order valence-electron chi connectivity index (χ1n) is 8.92. The molecule has 0 unspecified atom stereocenters. The number of carbonyl (C=O) groups is 4. The Morgan fingerprint density at radius 3 is 1.19 bits per heavy atom. The van der Waals surface area contributed by atoms with E-state index in [2.05, 4.69) is 0 Å². The summed E-state index contributed by atoms with van der Waals surface area (Å²) in [6.07, 6.45) is 0. The zero-order chi connectivity index (χ0) is 23.4. The Labute approximate surface area is 178 Å². The largest absolute Gasteiger partial charge is 0.511 e. The van der Waals surface area contributed by atoms with Crippen LogP contribution in [0.3, 0.4) is 0 Å². The van der Waals surface area contributed by atoms with Gasteiger partial charge in [0.1, 0.15) is 0 Å². The van der Waals surface area contributed by atoms with Gasteiger partial charge in [-0.2, -0.15) is 17.5 Å². The van der Waals surface area contributed by atoms with E-state index in [4.69, 9.17) is 0 Å². The van der Waals surface area contributed by atoms with Crippen LogP contribution in [0.4, 0.5) is 13.2 Å². The van der Waals surface area contributed by atoms with E-state index >= 15 is 0 Å². The molecule has 9 nitrogen and oxygen atoms in total. The number of halogens is 3. The van der Waals surface area contributed by atoms with Gasteiger partial charge < -0.3 is 0 Å². The molecule has 2 aromatic rings. The summed E-state index contributed by atoms with van der Waals surface area (Å²) in [6.45, 7) is -2.69. The van der Waals surface area contributed by atoms with Crippen LogP contribution in [-0.4, -0.2) is 65.0 Å². The Balaban J connectivity index is 1.69. The number of hydrogen-bond donors (Lipinski definition) is 0. The Bertz CT molecular complexity index is 1140. The molecular weight excluding hydrogens is 455 g/mol. The van der Waals surface area contributed by atoms with Crippen molar-refractivity contribution in [1.82, 2.24) is 14.1 Å². The molecule has 0 spiro atoms. The topological polar surface area (TPSA) is 112 Å². The van der Waals surface area contributed by atoms with Gasteiger partial charge in [0.2, 0.25) is 0 Å². The lowest BCUT2D eigenvalue weighted by atomic mass is 10.1. The average molecular weight is 467 g/mol. The third-order valence-corrected chi connectivity index (χ3v) is 6.48. The number of nitrogens with zero attached hydrogens (tertiary/aromatic N) is 3. The van der Waals surface area contributed by atoms with Crippen LogP contribution in [0.25, 0.3) is 0 Å². The van der Waals surface area contributed by atoms with Crippen molar-refractivity contribution in [3.8, 4) is 0 Å². The number of sulfonamides is 1. The van der Waals surface area contributed by atoms with Crippen molar-refractivity contribution >= 4 is 33.7 Å². The van der Waals surface area contributed by atoms with Crippen LogP contribution >= 0.6 is 0 Å². The molecule has 0 saturated heterocycles. The van der Waals surface area contributed by atoms with E-state index in [0.717, 1.165) is 0 Å². The minimum atomic E-state index is -6.14. The Hall–Kier alpha value is -3.58. The highest BCUT2D eigenvalue weighted by Gasteiger charge is 2.53. The molecule has 2 aliphatic rings. The highest BCUT2D eigenvalue weighted by molar-refractivity contribution is 7.90. The summed E-state index contributed by atoms with van der Waals surface area (Å²) >= 11 is 0. The second kappa shape index (κ2) is 7.24. The number of carbonyl (C=O) groups excluding carboxylic acids is 4. The van der Waals surface area contributed by atoms with Crippen molar-refractivity contribution in [1.29, 1.82) is 0 Å². The van der Waals surface area contributed by atoms with Gasteiger partial charge in [-0.3, -0.25) is 29.0 Å². The van der Waals surface area contributed by atoms with Gasteiger partial charge in [-0.15, -0.1) is 0 Å². The summed E-state index contributed by atoms with van der Waals surface area (Å²) in [7, 11) is -6.14. The first kappa shape index (κ1) is 21.6. The quantitative estimate of drug-likeness (QED) is 0.618. The van der Waals surface area contributed by atoms with Crippen molar-refractivity contribution < 1.29 is 40.8 Å². The van der Waals surface area contributed by atoms with Crippen LogP contribution in [0.1, 0.15) is 41.4 Å². The number of alkyl halides is 3. The fourth-order valence-electron chi connectivity index (χ4n) is 3.39. The second-order valence-corrected chi connectivity index (χ2v) is 8.78. The van der Waals surface area contributed by atoms with Crippen molar-refractivity contribution in [2.24, 2.45) is 0 Å². The van der Waals surface area contributed by atoms with Crippen LogP contribution in [-0.2, 0) is 10.0 Å². The molecule has 13 heteroatoms. The van der Waals surface area contributed by atoms with E-state index in [1.54, 1.807) is 0 Å². The SMILES string of the molecule is O=C1c2ccccc2C(=O)N1CN(CN1C(=O)c2ccccc2C1=O)S(=O)(=O)C(F)(F)F. The first-order chi connectivity index (χ1) is 14.9. The molecule has 0 aromatic heterocycles. The molecule has 2 aliphatic heterocycles. The molecule has 0 aliphatic carbocycles. The summed E-state index contributed by atoms with van der Waals surface area (Å²) in [5.74, 6) is -4.02. The standard InChI is InChI=1S/C19H12F3N3O6S/c20-19(21,22)32(30,31)23(9-24-15(26)11-5-1-2-6-12(11)16(24)27)10-25-17(28)13-7-3-4-8-14(13)18(25)29/h1-8H,9-10H2. The van der Waals surface area contributed by atoms with Gasteiger partial charge in [0, 0.05) is 0 Å². The van der Waals surface area contributed by atoms with Gasteiger partial charge in [0.15, 0.2) is 0 Å². The fraction of sp³-hybridized carbons (Fsp3) is 0.158. The number of amides is 4. The minimum Gasteiger partial charge on any atom is -0.269 e. The summed E-state index contributed by atoms with van der Waals surface area (Å²) in [6, 6.07) is 10.8. The van der Waals surface area contributed by atoms with Gasteiger partial charge in [-0.05, 0) is 24.3 Å². The minimum absolute atomic E-state index is 0.109. The molecule has 0 fully saturated rings. The van der Waals surface area contributed by atoms with Crippen LogP contribution in [0.5, 0.6) is 0 Å². The zero-order valence-electron chi connectivity index (χ0n) is 15.9. The van der Waals surface area contributed by atoms with Crippen molar-refractivity contribution in [3.05, 3.63) is 70.8 Å². The van der Waals surface area contributed by atoms with Gasteiger partial charge in [-0.25, -0.2) is 8.42 Å². The lowest BCUT2D eigenvalue weighted by molar-refractivity contribution is -0.0510. The Kier molecular flexibility index (Phi) is 4.90. The van der Waals surface area contributed by atoms with Crippen molar-refractivity contribution in [2.75, 3.05) is 13.3 Å². The highest BCUT2D eigenvalue weighted by Crippen LogP contribution is 2.31. The third-order valence-electron chi connectivity index (χ3n) is 4.99. The molecule has 2 aromatic carbocycles. The van der Waals surface area contributed by atoms with Gasteiger partial charge >= 0.3 is 15.5 Å². The Morgan fingerprint density at radius 1 is 0.656 bits per heavy atom. The molecule has 0 saturated carbocycles. The van der Waals surface area contributed by atoms with Crippen LogP contribution in [0.2, 0.25) is 0 Å². The smallest absolute Gasteiger partial charge is 0.269 e. The summed E-state index contributed by atoms with van der Waals surface area (Å²) < 4.78 is 64.1. The molecule has 2 heterocycles. The summed E-state index contributed by atoms with van der Waals surface area (Å²) in [5.41, 5.74) is -6.25. The van der Waals surface area contributed by atoms with E-state index in [0.29, 0.717) is 9.80 Å². The molecule has 32 heavy (non-hydrogen) atoms. The van der Waals surface area contributed by atoms with Gasteiger partial charge in [0.25, 0.3) is 23.6 Å². The van der Waals surface area contributed by atoms with E-state index < -0.39 is 52.5 Å². The van der Waals surface area contributed by atoms with Crippen LogP contribution in [0, 0.1) is 0 Å². The maximum atomic E-state index is 13.3. The zero-order valence-corrected chi connectivity index (χ0v) is 16.7. The van der Waals surface area contributed by atoms with Gasteiger partial charge in [0.05, 0.1) is 35.6 Å². The molecule has 0 radical (unpaired) electrons. The molecule has 0 bridgehead atoms. The summed E-state index contributed by atoms with van der Waals surface area (Å²) in [5, 5.41) is 0. The normalized spacial score (nSPS) is 16.2. The van der Waals surface area contributed by atoms with Crippen LogP contribution < -0.4 is 0 Å². The number of benzene rings is 2. The highest BCUT2D eigenvalue weighted by atomic mass is 32.2. The second-order valence-electron chi connectivity index (χ2n) is 6.85. The predicted octanol–water partition coefficient (Wildman–Crippen LogP) is 1.65. The molecule has 4 rings (SSSR count). The summed E-state index contributed by atoms with van der Waals surface area (Å²) in [4.78, 5) is 50.7. The lowest BCUT2D eigenvalue weighted by Crippen LogP contribution is -2.53. The monoisotopic (exact) mass is 467 g/mol. The van der Waals surface area contributed by atoms with Crippen molar-refractivity contribution in [2.45, 2.75) is 5.51 Å². The van der Waals surface area contributed by atoms with Gasteiger partial charge in [-0.1, -0.05) is 24.3 Å². The fourth-order valence-corrected chi connectivity index (χ4v) is 4.22. The molecule has 4 amide bonds. The molecular formula is C19H12F3N3O6S. The van der Waals surface area contributed by atoms with E-state index in [1.807, 2.05) is 0 Å². The van der Waals surface area contributed by atoms with E-state index in [-0.39, 0.29) is 26.6 Å². The van der Waals surface area contributed by atoms with E-state index in [1.165, 1.54) is 48.5 Å². The maximum absolute atomic E-state index is 13.3. The number of rotatable bonds is 5. The average Bonchev–Trinajstić information content (AvgIpc) is 3.13. The lowest BCUT2D eigenvalue weighted by Gasteiger charge is -2.29. The first-order valence-corrected chi connectivity index (χ1v) is 10.4. The molecule has 166 valence electrons. The maximum Gasteiger partial charge on any atom is 0.511 e. The number of hydrogen-bond acceptors (Lipinski definition) is 6. The third kappa shape index (κ3) is 3.17. The van der Waals surface area contributed by atoms with E-state index in [9.17, 15) is 40.8 Å². The molecule has 0 atom stereocenters. The molecule has 0 N–H and O–H groups in total. The van der Waals surface area contributed by atoms with Crippen molar-refractivity contribution in [3.63, 3.8) is 0 Å². The van der Waals surface area contributed by atoms with Crippen LogP contribution in [0.15, 0.2) is 48.5 Å². The predicted molar refractivity (Wildman–Crippen MR) is 100 cm³/mol. The number of imide groups is 2. The Morgan fingerprint density at radius 2 is 0.938 bits per heavy atom.